The third-order valence-electron chi connectivity index (χ3n) is 4.61. The predicted molar refractivity (Wildman–Crippen MR) is 79.9 cm³/mol. The molecule has 2 fully saturated rings. The summed E-state index contributed by atoms with van der Waals surface area (Å²) in [6.45, 7) is 2.51. The van der Waals surface area contributed by atoms with Crippen LogP contribution in [0.25, 0.3) is 0 Å². The van der Waals surface area contributed by atoms with Gasteiger partial charge in [-0.15, -0.1) is 0 Å². The maximum absolute atomic E-state index is 3.67. The van der Waals surface area contributed by atoms with E-state index in [4.69, 9.17) is 0 Å². The molecule has 0 amide bonds. The Morgan fingerprint density at radius 1 is 0.842 bits per heavy atom. The van der Waals surface area contributed by atoms with Crippen LogP contribution in [0.15, 0.2) is 30.3 Å². The van der Waals surface area contributed by atoms with Gasteiger partial charge >= 0.3 is 0 Å². The highest BCUT2D eigenvalue weighted by molar-refractivity contribution is 5.37. The van der Waals surface area contributed by atoms with Crippen molar-refractivity contribution in [1.82, 2.24) is 4.90 Å². The Hall–Kier alpha value is -1.26. The van der Waals surface area contributed by atoms with Crippen LogP contribution in [0, 0.1) is 11.8 Å². The minimum absolute atomic E-state index is 0.185. The smallest absolute Gasteiger partial charge is 0.0829 e. The van der Waals surface area contributed by atoms with Crippen molar-refractivity contribution in [2.75, 3.05) is 13.1 Å². The zero-order valence-electron chi connectivity index (χ0n) is 11.7. The Kier molecular flexibility index (Phi) is 3.89. The van der Waals surface area contributed by atoms with Gasteiger partial charge in [0, 0.05) is 5.56 Å². The molecule has 1 aromatic rings. The first kappa shape index (κ1) is 12.8. The first-order valence-electron chi connectivity index (χ1n) is 7.72. The van der Waals surface area contributed by atoms with Crippen molar-refractivity contribution in [3.8, 4) is 11.8 Å². The first-order chi connectivity index (χ1) is 9.39. The molecule has 0 radical (unpaired) electrons. The minimum Gasteiger partial charge on any atom is -0.287 e. The summed E-state index contributed by atoms with van der Waals surface area (Å²) < 4.78 is 0. The van der Waals surface area contributed by atoms with E-state index in [1.54, 1.807) is 0 Å². The van der Waals surface area contributed by atoms with Crippen LogP contribution in [0.4, 0.5) is 0 Å². The molecule has 0 unspecified atom stereocenters. The van der Waals surface area contributed by atoms with Crippen LogP contribution in [0.2, 0.25) is 0 Å². The lowest BCUT2D eigenvalue weighted by Gasteiger charge is -2.40. The van der Waals surface area contributed by atoms with Crippen LogP contribution >= 0.6 is 0 Å². The quantitative estimate of drug-likeness (QED) is 0.687. The molecule has 19 heavy (non-hydrogen) atoms. The summed E-state index contributed by atoms with van der Waals surface area (Å²) in [5, 5.41) is 0. The zero-order valence-corrected chi connectivity index (χ0v) is 11.7. The summed E-state index contributed by atoms with van der Waals surface area (Å²) in [7, 11) is 0. The summed E-state index contributed by atoms with van der Waals surface area (Å²) in [4.78, 5) is 2.67. The topological polar surface area (TPSA) is 3.24 Å². The number of benzene rings is 1. The van der Waals surface area contributed by atoms with Gasteiger partial charge in [-0.05, 0) is 50.9 Å². The van der Waals surface area contributed by atoms with Gasteiger partial charge in [0.1, 0.15) is 0 Å². The molecule has 3 rings (SSSR count). The number of hydrogen-bond donors (Lipinski definition) is 0. The van der Waals surface area contributed by atoms with E-state index in [2.05, 4.69) is 47.1 Å². The average Bonchev–Trinajstić information content (AvgIpc) is 3.02. The third-order valence-corrected chi connectivity index (χ3v) is 4.61. The largest absolute Gasteiger partial charge is 0.287 e. The van der Waals surface area contributed by atoms with Crippen LogP contribution in [-0.2, 0) is 0 Å². The van der Waals surface area contributed by atoms with Gasteiger partial charge in [-0.1, -0.05) is 49.3 Å². The predicted octanol–water partition coefficient (Wildman–Crippen LogP) is 3.84. The molecule has 1 nitrogen and oxygen atoms in total. The summed E-state index contributed by atoms with van der Waals surface area (Å²) in [5.41, 5.74) is 1.34. The Labute approximate surface area is 117 Å². The van der Waals surface area contributed by atoms with Crippen molar-refractivity contribution < 1.29 is 0 Å². The van der Waals surface area contributed by atoms with Gasteiger partial charge < -0.3 is 0 Å². The molecular weight excluding hydrogens is 230 g/mol. The Bertz CT molecular complexity index is 453. The number of hydrogen-bond acceptors (Lipinski definition) is 1. The van der Waals surface area contributed by atoms with Gasteiger partial charge in [-0.25, -0.2) is 0 Å². The normalized spacial score (nSPS) is 22.7. The van der Waals surface area contributed by atoms with Crippen LogP contribution < -0.4 is 0 Å². The first-order valence-corrected chi connectivity index (χ1v) is 7.72. The van der Waals surface area contributed by atoms with E-state index >= 15 is 0 Å². The number of likely N-dealkylation sites (tertiary alicyclic amines) is 1. The molecule has 0 bridgehead atoms. The standard InChI is InChI=1S/C18H23N/c1-3-9-17(10-4-1)11-14-18(12-5-2-6-13-18)19-15-7-8-16-19/h1,3-4,9-10H,2,5-8,12-13,15-16H2. The molecule has 1 heterocycles. The van der Waals surface area contributed by atoms with Gasteiger partial charge in [0.25, 0.3) is 0 Å². The van der Waals surface area contributed by atoms with E-state index in [1.165, 1.54) is 58.0 Å². The van der Waals surface area contributed by atoms with E-state index in [0.29, 0.717) is 0 Å². The molecule has 1 saturated heterocycles. The molecule has 100 valence electrons. The number of rotatable bonds is 1. The van der Waals surface area contributed by atoms with E-state index in [0.717, 1.165) is 5.56 Å². The van der Waals surface area contributed by atoms with Crippen LogP contribution in [0.5, 0.6) is 0 Å². The van der Waals surface area contributed by atoms with Crippen molar-refractivity contribution in [3.63, 3.8) is 0 Å². The Balaban J connectivity index is 1.85. The second kappa shape index (κ2) is 5.80. The summed E-state index contributed by atoms with van der Waals surface area (Å²) in [6.07, 6.45) is 9.34. The molecule has 2 aliphatic rings. The van der Waals surface area contributed by atoms with Crippen molar-refractivity contribution in [1.29, 1.82) is 0 Å². The van der Waals surface area contributed by atoms with Gasteiger partial charge in [-0.3, -0.25) is 4.90 Å². The maximum Gasteiger partial charge on any atom is 0.0829 e. The van der Waals surface area contributed by atoms with Crippen molar-refractivity contribution in [2.45, 2.75) is 50.5 Å². The number of nitrogens with zero attached hydrogens (tertiary/aromatic N) is 1. The van der Waals surface area contributed by atoms with Gasteiger partial charge in [0.2, 0.25) is 0 Å². The van der Waals surface area contributed by atoms with Crippen LogP contribution in [0.3, 0.4) is 0 Å². The van der Waals surface area contributed by atoms with Crippen LogP contribution in [0.1, 0.15) is 50.5 Å². The van der Waals surface area contributed by atoms with Crippen molar-refractivity contribution in [3.05, 3.63) is 35.9 Å². The molecule has 0 N–H and O–H groups in total. The molecule has 1 saturated carbocycles. The highest BCUT2D eigenvalue weighted by Crippen LogP contribution is 2.35. The summed E-state index contributed by atoms with van der Waals surface area (Å²) >= 11 is 0. The van der Waals surface area contributed by atoms with Gasteiger partial charge in [0.05, 0.1) is 5.54 Å². The van der Waals surface area contributed by atoms with Crippen LogP contribution in [-0.4, -0.2) is 23.5 Å². The fourth-order valence-electron chi connectivity index (χ4n) is 3.51. The van der Waals surface area contributed by atoms with E-state index < -0.39 is 0 Å². The molecule has 0 atom stereocenters. The second-order valence-corrected chi connectivity index (χ2v) is 5.90. The molecule has 0 spiro atoms. The van der Waals surface area contributed by atoms with Crippen molar-refractivity contribution >= 4 is 0 Å². The van der Waals surface area contributed by atoms with E-state index in [-0.39, 0.29) is 5.54 Å². The highest BCUT2D eigenvalue weighted by atomic mass is 15.2. The molecule has 0 aromatic heterocycles. The molecule has 1 aliphatic heterocycles. The minimum atomic E-state index is 0.185. The lowest BCUT2D eigenvalue weighted by atomic mass is 9.80. The third kappa shape index (κ3) is 2.85. The fourth-order valence-corrected chi connectivity index (χ4v) is 3.51. The fraction of sp³-hybridized carbons (Fsp3) is 0.556. The Morgan fingerprint density at radius 3 is 2.21 bits per heavy atom. The molecule has 1 aromatic carbocycles. The van der Waals surface area contributed by atoms with Gasteiger partial charge in [-0.2, -0.15) is 0 Å². The lowest BCUT2D eigenvalue weighted by Crippen LogP contribution is -2.47. The molecular formula is C18H23N. The average molecular weight is 253 g/mol. The van der Waals surface area contributed by atoms with E-state index in [9.17, 15) is 0 Å². The lowest BCUT2D eigenvalue weighted by molar-refractivity contribution is 0.128. The molecule has 1 aliphatic carbocycles. The second-order valence-electron chi connectivity index (χ2n) is 5.90. The molecule has 1 heteroatoms. The maximum atomic E-state index is 3.67. The zero-order chi connectivity index (χ0) is 13.0. The monoisotopic (exact) mass is 253 g/mol. The summed E-state index contributed by atoms with van der Waals surface area (Å²) in [5.74, 6) is 7.11. The van der Waals surface area contributed by atoms with Crippen molar-refractivity contribution in [2.24, 2.45) is 0 Å². The SMILES string of the molecule is C(#CC1(N2CCCC2)CCCCC1)c1ccccc1. The van der Waals surface area contributed by atoms with Gasteiger partial charge in [0.15, 0.2) is 0 Å². The summed E-state index contributed by atoms with van der Waals surface area (Å²) in [6, 6.07) is 10.4. The van der Waals surface area contributed by atoms with E-state index in [1.807, 2.05) is 0 Å². The Morgan fingerprint density at radius 2 is 1.53 bits per heavy atom. The highest BCUT2D eigenvalue weighted by Gasteiger charge is 2.37.